The molecule has 0 saturated heterocycles. The molecule has 1 aliphatic rings. The summed E-state index contributed by atoms with van der Waals surface area (Å²) in [6, 6.07) is 5.28. The lowest BCUT2D eigenvalue weighted by atomic mass is 10.1. The first kappa shape index (κ1) is 14.9. The van der Waals surface area contributed by atoms with Crippen LogP contribution in [-0.4, -0.2) is 16.2 Å². The lowest BCUT2D eigenvalue weighted by Crippen LogP contribution is -2.05. The molecule has 0 amide bonds. The number of aromatic nitrogens is 2. The highest BCUT2D eigenvalue weighted by molar-refractivity contribution is 5.66. The third-order valence-electron chi connectivity index (χ3n) is 3.64. The summed E-state index contributed by atoms with van der Waals surface area (Å²) in [6.07, 6.45) is -1.88. The smallest absolute Gasteiger partial charge is 0.434 e. The number of nitrogens with two attached hydrogens (primary N) is 1. The summed E-state index contributed by atoms with van der Waals surface area (Å²) in [5.41, 5.74) is 6.17. The fraction of sp³-hybridized carbons (Fsp3) is 0.400. The third-order valence-corrected chi connectivity index (χ3v) is 3.64. The van der Waals surface area contributed by atoms with Crippen LogP contribution in [0.5, 0.6) is 5.75 Å². The molecule has 1 aromatic carbocycles. The van der Waals surface area contributed by atoms with Gasteiger partial charge in [-0.1, -0.05) is 6.07 Å². The van der Waals surface area contributed by atoms with E-state index in [1.165, 1.54) is 0 Å². The summed E-state index contributed by atoms with van der Waals surface area (Å²) in [4.78, 5) is 3.79. The van der Waals surface area contributed by atoms with Gasteiger partial charge in [0, 0.05) is 19.3 Å². The Kier molecular flexibility index (Phi) is 3.82. The number of nitrogens with zero attached hydrogens (tertiary/aromatic N) is 2. The van der Waals surface area contributed by atoms with E-state index >= 15 is 0 Å². The number of hydrogen-bond donors (Lipinski definition) is 1. The first-order valence-corrected chi connectivity index (χ1v) is 7.09. The van der Waals surface area contributed by atoms with E-state index < -0.39 is 11.9 Å². The van der Waals surface area contributed by atoms with E-state index in [0.717, 1.165) is 24.6 Å². The number of fused-ring (bicyclic) bond motifs is 3. The maximum atomic E-state index is 12.9. The number of benzene rings is 1. The number of halogens is 3. The minimum absolute atomic E-state index is 0.285. The maximum absolute atomic E-state index is 12.9. The van der Waals surface area contributed by atoms with Crippen LogP contribution in [-0.2, 0) is 19.3 Å². The van der Waals surface area contributed by atoms with E-state index in [1.807, 2.05) is 0 Å². The van der Waals surface area contributed by atoms with E-state index in [2.05, 4.69) is 4.98 Å². The van der Waals surface area contributed by atoms with Gasteiger partial charge in [-0.05, 0) is 30.5 Å². The first-order valence-electron chi connectivity index (χ1n) is 7.09. The zero-order chi connectivity index (χ0) is 15.7. The topological polar surface area (TPSA) is 53.1 Å². The lowest BCUT2D eigenvalue weighted by molar-refractivity contribution is -0.140. The molecule has 0 unspecified atom stereocenters. The zero-order valence-electron chi connectivity index (χ0n) is 11.9. The molecular formula is C15H16F3N3O. The van der Waals surface area contributed by atoms with E-state index in [1.54, 1.807) is 22.8 Å². The van der Waals surface area contributed by atoms with Gasteiger partial charge in [0.05, 0.1) is 12.2 Å². The molecule has 2 N–H and O–H groups in total. The van der Waals surface area contributed by atoms with Gasteiger partial charge in [0.25, 0.3) is 0 Å². The molecule has 7 heteroatoms. The Morgan fingerprint density at radius 3 is 2.82 bits per heavy atom. The third kappa shape index (κ3) is 2.81. The number of imidazole rings is 1. The summed E-state index contributed by atoms with van der Waals surface area (Å²) >= 11 is 0. The Bertz CT molecular complexity index is 679. The molecule has 1 aromatic heterocycles. The number of aryl methyl sites for hydroxylation is 1. The van der Waals surface area contributed by atoms with Gasteiger partial charge in [-0.3, -0.25) is 0 Å². The van der Waals surface area contributed by atoms with Gasteiger partial charge in [0.1, 0.15) is 11.6 Å². The standard InChI is InChI=1S/C15H16F3N3O/c16-15(17,18)13-9-21-5-1-2-6-22-12-7-10(8-19)3-4-11(12)14(21)20-13/h3-4,7,9H,1-2,5-6,8,19H2. The van der Waals surface area contributed by atoms with Crippen LogP contribution in [0.15, 0.2) is 24.4 Å². The monoisotopic (exact) mass is 311 g/mol. The summed E-state index contributed by atoms with van der Waals surface area (Å²) in [7, 11) is 0. The predicted octanol–water partition coefficient (Wildman–Crippen LogP) is 3.20. The molecule has 0 radical (unpaired) electrons. The second kappa shape index (κ2) is 5.64. The van der Waals surface area contributed by atoms with Crippen LogP contribution in [0.1, 0.15) is 24.1 Å². The van der Waals surface area contributed by atoms with Crippen molar-refractivity contribution < 1.29 is 17.9 Å². The van der Waals surface area contributed by atoms with Crippen LogP contribution in [0.25, 0.3) is 11.4 Å². The number of ether oxygens (including phenoxy) is 1. The van der Waals surface area contributed by atoms with Crippen LogP contribution in [0.4, 0.5) is 13.2 Å². The highest BCUT2D eigenvalue weighted by Gasteiger charge is 2.35. The SMILES string of the molecule is NCc1ccc2c(c1)OCCCCn1cc(C(F)(F)F)nc1-2. The number of rotatable bonds is 1. The average molecular weight is 311 g/mol. The molecule has 0 saturated carbocycles. The van der Waals surface area contributed by atoms with Gasteiger partial charge >= 0.3 is 6.18 Å². The van der Waals surface area contributed by atoms with Gasteiger partial charge in [-0.15, -0.1) is 0 Å². The average Bonchev–Trinajstić information content (AvgIpc) is 2.91. The van der Waals surface area contributed by atoms with Crippen molar-refractivity contribution in [2.45, 2.75) is 32.1 Å². The molecule has 3 rings (SSSR count). The highest BCUT2D eigenvalue weighted by Crippen LogP contribution is 2.35. The van der Waals surface area contributed by atoms with E-state index in [4.69, 9.17) is 10.5 Å². The van der Waals surface area contributed by atoms with Gasteiger partial charge in [-0.2, -0.15) is 13.2 Å². The minimum atomic E-state index is -4.46. The van der Waals surface area contributed by atoms with Crippen molar-refractivity contribution in [1.29, 1.82) is 0 Å². The van der Waals surface area contributed by atoms with Crippen LogP contribution >= 0.6 is 0 Å². The molecule has 0 atom stereocenters. The Hall–Kier alpha value is -2.02. The quantitative estimate of drug-likeness (QED) is 0.880. The lowest BCUT2D eigenvalue weighted by Gasteiger charge is -2.11. The van der Waals surface area contributed by atoms with Gasteiger partial charge < -0.3 is 15.0 Å². The molecule has 118 valence electrons. The molecule has 0 bridgehead atoms. The Morgan fingerprint density at radius 2 is 2.09 bits per heavy atom. The number of alkyl halides is 3. The molecular weight excluding hydrogens is 295 g/mol. The molecule has 2 heterocycles. The van der Waals surface area contributed by atoms with E-state index in [0.29, 0.717) is 31.0 Å². The molecule has 2 aromatic rings. The van der Waals surface area contributed by atoms with Gasteiger partial charge in [0.2, 0.25) is 0 Å². The van der Waals surface area contributed by atoms with Crippen LogP contribution in [0.2, 0.25) is 0 Å². The Morgan fingerprint density at radius 1 is 1.27 bits per heavy atom. The molecule has 22 heavy (non-hydrogen) atoms. The summed E-state index contributed by atoms with van der Waals surface area (Å²) < 4.78 is 46.1. The Balaban J connectivity index is 2.14. The maximum Gasteiger partial charge on any atom is 0.434 e. The van der Waals surface area contributed by atoms with Crippen LogP contribution in [0.3, 0.4) is 0 Å². The Labute approximate surface area is 125 Å². The second-order valence-electron chi connectivity index (χ2n) is 5.23. The molecule has 1 aliphatic heterocycles. The van der Waals surface area contributed by atoms with E-state index in [-0.39, 0.29) is 5.82 Å². The minimum Gasteiger partial charge on any atom is -0.493 e. The largest absolute Gasteiger partial charge is 0.493 e. The van der Waals surface area contributed by atoms with Crippen molar-refractivity contribution >= 4 is 0 Å². The highest BCUT2D eigenvalue weighted by atomic mass is 19.4. The number of hydrogen-bond acceptors (Lipinski definition) is 3. The van der Waals surface area contributed by atoms with Crippen LogP contribution in [0, 0.1) is 0 Å². The molecule has 4 nitrogen and oxygen atoms in total. The van der Waals surface area contributed by atoms with Crippen molar-refractivity contribution in [3.8, 4) is 17.1 Å². The summed E-state index contributed by atoms with van der Waals surface area (Å²) in [5, 5.41) is 0. The molecule has 0 spiro atoms. The summed E-state index contributed by atoms with van der Waals surface area (Å²) in [5.74, 6) is 0.818. The fourth-order valence-electron chi connectivity index (χ4n) is 2.50. The predicted molar refractivity (Wildman–Crippen MR) is 75.3 cm³/mol. The zero-order valence-corrected chi connectivity index (χ0v) is 11.9. The van der Waals surface area contributed by atoms with Crippen molar-refractivity contribution in [3.05, 3.63) is 35.7 Å². The van der Waals surface area contributed by atoms with Crippen molar-refractivity contribution in [1.82, 2.24) is 9.55 Å². The summed E-state index contributed by atoms with van der Waals surface area (Å²) in [6.45, 7) is 1.36. The fourth-order valence-corrected chi connectivity index (χ4v) is 2.50. The van der Waals surface area contributed by atoms with Gasteiger partial charge in [0.15, 0.2) is 5.69 Å². The molecule has 0 fully saturated rings. The van der Waals surface area contributed by atoms with Crippen molar-refractivity contribution in [3.63, 3.8) is 0 Å². The van der Waals surface area contributed by atoms with Gasteiger partial charge in [-0.25, -0.2) is 4.98 Å². The van der Waals surface area contributed by atoms with E-state index in [9.17, 15) is 13.2 Å². The van der Waals surface area contributed by atoms with Crippen LogP contribution < -0.4 is 10.5 Å². The normalized spacial score (nSPS) is 15.1. The second-order valence-corrected chi connectivity index (χ2v) is 5.23. The first-order chi connectivity index (χ1) is 10.5. The molecule has 0 aliphatic carbocycles. The van der Waals surface area contributed by atoms with Crippen molar-refractivity contribution in [2.75, 3.05) is 6.61 Å². The van der Waals surface area contributed by atoms with Crippen molar-refractivity contribution in [2.24, 2.45) is 5.73 Å².